The molecule has 4 nitrogen and oxygen atoms in total. The fourth-order valence-electron chi connectivity index (χ4n) is 2.20. The minimum absolute atomic E-state index is 0.00242. The maximum Gasteiger partial charge on any atom is 0.308 e. The van der Waals surface area contributed by atoms with Gasteiger partial charge in [0.15, 0.2) is 5.78 Å². The summed E-state index contributed by atoms with van der Waals surface area (Å²) in [5.74, 6) is 0.0832. The van der Waals surface area contributed by atoms with Gasteiger partial charge in [0.1, 0.15) is 16.9 Å². The van der Waals surface area contributed by atoms with Crippen LogP contribution < -0.4 is 4.74 Å². The molecule has 0 aliphatic carbocycles. The maximum absolute atomic E-state index is 11.5. The molecule has 0 saturated heterocycles. The highest BCUT2D eigenvalue weighted by Crippen LogP contribution is 2.32. The van der Waals surface area contributed by atoms with Gasteiger partial charge in [0.25, 0.3) is 0 Å². The van der Waals surface area contributed by atoms with Crippen molar-refractivity contribution in [1.29, 1.82) is 0 Å². The number of rotatable bonds is 2. The fraction of sp³-hybridized carbons (Fsp3) is 0.125. The predicted octanol–water partition coefficient (Wildman–Crippen LogP) is 3.71. The lowest BCUT2D eigenvalue weighted by atomic mass is 10.1. The molecule has 0 N–H and O–H groups in total. The molecule has 0 fully saturated rings. The van der Waals surface area contributed by atoms with Crippen LogP contribution in [-0.4, -0.2) is 11.8 Å². The first kappa shape index (κ1) is 12.4. The van der Waals surface area contributed by atoms with Crippen molar-refractivity contribution in [3.63, 3.8) is 0 Å². The third-order valence-corrected chi connectivity index (χ3v) is 3.11. The van der Waals surface area contributed by atoms with Crippen molar-refractivity contribution in [3.05, 3.63) is 42.0 Å². The Morgan fingerprint density at radius 2 is 1.60 bits per heavy atom. The van der Waals surface area contributed by atoms with E-state index in [4.69, 9.17) is 9.15 Å². The number of hydrogen-bond donors (Lipinski definition) is 0. The van der Waals surface area contributed by atoms with Gasteiger partial charge in [-0.1, -0.05) is 0 Å². The van der Waals surface area contributed by atoms with E-state index in [-0.39, 0.29) is 11.8 Å². The van der Waals surface area contributed by atoms with E-state index >= 15 is 0 Å². The summed E-state index contributed by atoms with van der Waals surface area (Å²) in [6.07, 6.45) is 0. The van der Waals surface area contributed by atoms with Crippen molar-refractivity contribution in [2.45, 2.75) is 13.8 Å². The van der Waals surface area contributed by atoms with Crippen LogP contribution in [0.5, 0.6) is 5.75 Å². The van der Waals surface area contributed by atoms with Crippen LogP contribution in [0, 0.1) is 0 Å². The summed E-state index contributed by atoms with van der Waals surface area (Å²) >= 11 is 0. The van der Waals surface area contributed by atoms with E-state index in [0.717, 1.165) is 10.8 Å². The molecule has 0 bridgehead atoms. The van der Waals surface area contributed by atoms with E-state index < -0.39 is 0 Å². The average molecular weight is 268 g/mol. The average Bonchev–Trinajstić information content (AvgIpc) is 2.75. The molecule has 2 aromatic carbocycles. The van der Waals surface area contributed by atoms with Crippen LogP contribution in [0.15, 0.2) is 40.8 Å². The van der Waals surface area contributed by atoms with E-state index in [0.29, 0.717) is 22.5 Å². The Bertz CT molecular complexity index is 842. The Balaban J connectivity index is 2.25. The predicted molar refractivity (Wildman–Crippen MR) is 75.0 cm³/mol. The topological polar surface area (TPSA) is 56.5 Å². The normalized spacial score (nSPS) is 10.9. The number of esters is 1. The van der Waals surface area contributed by atoms with Crippen molar-refractivity contribution in [3.8, 4) is 5.75 Å². The maximum atomic E-state index is 11.5. The fourth-order valence-corrected chi connectivity index (χ4v) is 2.20. The first-order valence-electron chi connectivity index (χ1n) is 6.20. The van der Waals surface area contributed by atoms with Crippen molar-refractivity contribution in [2.24, 2.45) is 0 Å². The summed E-state index contributed by atoms with van der Waals surface area (Å²) in [5, 5.41) is 1.66. The highest BCUT2D eigenvalue weighted by atomic mass is 16.5. The van der Waals surface area contributed by atoms with Crippen LogP contribution in [-0.2, 0) is 4.79 Å². The molecule has 0 amide bonds. The first-order valence-corrected chi connectivity index (χ1v) is 6.20. The number of fused-ring (bicyclic) bond motifs is 3. The van der Waals surface area contributed by atoms with Gasteiger partial charge in [-0.3, -0.25) is 9.59 Å². The third kappa shape index (κ3) is 2.05. The molecule has 3 aromatic rings. The summed E-state index contributed by atoms with van der Waals surface area (Å²) in [7, 11) is 0. The third-order valence-electron chi connectivity index (χ3n) is 3.11. The molecule has 0 atom stereocenters. The number of ketones is 1. The lowest BCUT2D eigenvalue weighted by molar-refractivity contribution is -0.131. The van der Waals surface area contributed by atoms with Crippen molar-refractivity contribution in [1.82, 2.24) is 0 Å². The van der Waals surface area contributed by atoms with Gasteiger partial charge in [0.2, 0.25) is 0 Å². The summed E-state index contributed by atoms with van der Waals surface area (Å²) in [6, 6.07) is 10.5. The number of carbonyl (C=O) groups is 2. The molecule has 100 valence electrons. The lowest BCUT2D eigenvalue weighted by Gasteiger charge is -2.00. The van der Waals surface area contributed by atoms with Crippen LogP contribution >= 0.6 is 0 Å². The van der Waals surface area contributed by atoms with Gasteiger partial charge in [-0.15, -0.1) is 0 Å². The van der Waals surface area contributed by atoms with Gasteiger partial charge in [-0.2, -0.15) is 0 Å². The molecule has 3 rings (SSSR count). The lowest BCUT2D eigenvalue weighted by Crippen LogP contribution is -2.00. The van der Waals surface area contributed by atoms with Gasteiger partial charge < -0.3 is 9.15 Å². The second-order valence-electron chi connectivity index (χ2n) is 4.62. The first-order chi connectivity index (χ1) is 9.54. The molecule has 0 unspecified atom stereocenters. The van der Waals surface area contributed by atoms with E-state index in [2.05, 4.69) is 0 Å². The number of ether oxygens (including phenoxy) is 1. The summed E-state index contributed by atoms with van der Waals surface area (Å²) < 4.78 is 10.8. The van der Waals surface area contributed by atoms with Crippen LogP contribution in [0.25, 0.3) is 21.9 Å². The largest absolute Gasteiger partial charge is 0.456 e. The highest BCUT2D eigenvalue weighted by Gasteiger charge is 2.11. The Kier molecular flexibility index (Phi) is 2.79. The van der Waals surface area contributed by atoms with E-state index in [1.54, 1.807) is 36.4 Å². The second kappa shape index (κ2) is 4.49. The standard InChI is InChI=1S/C16H12O4/c1-9(17)11-3-5-15-13(7-11)14-8-12(19-10(2)18)4-6-16(14)20-15/h3-8H,1-2H3. The number of hydrogen-bond acceptors (Lipinski definition) is 4. The Morgan fingerprint density at radius 1 is 0.950 bits per heavy atom. The van der Waals surface area contributed by atoms with Gasteiger partial charge in [-0.05, 0) is 43.3 Å². The molecule has 20 heavy (non-hydrogen) atoms. The number of Topliss-reactive ketones (excluding diaryl/α,β-unsaturated/α-hetero) is 1. The van der Waals surface area contributed by atoms with Crippen LogP contribution in [0.3, 0.4) is 0 Å². The van der Waals surface area contributed by atoms with Crippen molar-refractivity contribution in [2.75, 3.05) is 0 Å². The molecule has 0 aliphatic heterocycles. The smallest absolute Gasteiger partial charge is 0.308 e. The SMILES string of the molecule is CC(=O)Oc1ccc2oc3ccc(C(C)=O)cc3c2c1. The zero-order chi connectivity index (χ0) is 14.3. The Labute approximate surface area is 114 Å². The van der Waals surface area contributed by atoms with Crippen molar-refractivity contribution >= 4 is 33.7 Å². The second-order valence-corrected chi connectivity index (χ2v) is 4.62. The summed E-state index contributed by atoms with van der Waals surface area (Å²) in [5.41, 5.74) is 2.01. The minimum Gasteiger partial charge on any atom is -0.456 e. The molecule has 4 heteroatoms. The van der Waals surface area contributed by atoms with E-state index in [1.165, 1.54) is 13.8 Å². The highest BCUT2D eigenvalue weighted by molar-refractivity contribution is 6.08. The van der Waals surface area contributed by atoms with E-state index in [1.807, 2.05) is 0 Å². The zero-order valence-electron chi connectivity index (χ0n) is 11.1. The molecule has 0 aliphatic rings. The van der Waals surface area contributed by atoms with Gasteiger partial charge in [-0.25, -0.2) is 0 Å². The number of benzene rings is 2. The van der Waals surface area contributed by atoms with Crippen molar-refractivity contribution < 1.29 is 18.7 Å². The van der Waals surface area contributed by atoms with Gasteiger partial charge >= 0.3 is 5.97 Å². The number of carbonyl (C=O) groups excluding carboxylic acids is 2. The molecule has 0 saturated carbocycles. The van der Waals surface area contributed by atoms with Gasteiger partial charge in [0.05, 0.1) is 0 Å². The molecule has 1 aromatic heterocycles. The van der Waals surface area contributed by atoms with Crippen LogP contribution in [0.1, 0.15) is 24.2 Å². The summed E-state index contributed by atoms with van der Waals surface area (Å²) in [4.78, 5) is 22.5. The summed E-state index contributed by atoms with van der Waals surface area (Å²) in [6.45, 7) is 2.87. The Hall–Kier alpha value is -2.62. The monoisotopic (exact) mass is 268 g/mol. The minimum atomic E-state index is -0.374. The molecule has 0 radical (unpaired) electrons. The van der Waals surface area contributed by atoms with Crippen LogP contribution in [0.2, 0.25) is 0 Å². The molecule has 1 heterocycles. The molecular formula is C16H12O4. The quantitative estimate of drug-likeness (QED) is 0.404. The van der Waals surface area contributed by atoms with Gasteiger partial charge in [0, 0.05) is 23.3 Å². The van der Waals surface area contributed by atoms with Crippen LogP contribution in [0.4, 0.5) is 0 Å². The molecular weight excluding hydrogens is 256 g/mol. The zero-order valence-corrected chi connectivity index (χ0v) is 11.1. The Morgan fingerprint density at radius 3 is 2.25 bits per heavy atom. The molecule has 0 spiro atoms. The van der Waals surface area contributed by atoms with E-state index in [9.17, 15) is 9.59 Å². The number of furan rings is 1.